The number of benzene rings is 1. The molecule has 0 radical (unpaired) electrons. The van der Waals surface area contributed by atoms with Gasteiger partial charge < -0.3 is 10.3 Å². The molecule has 0 saturated heterocycles. The second-order valence-electron chi connectivity index (χ2n) is 6.13. The molecule has 4 aromatic rings. The Balaban J connectivity index is 1.85. The third-order valence-corrected chi connectivity index (χ3v) is 4.64. The fourth-order valence-corrected chi connectivity index (χ4v) is 3.25. The minimum atomic E-state index is 0.272. The van der Waals surface area contributed by atoms with Crippen LogP contribution in [0.5, 0.6) is 0 Å². The molecule has 0 aliphatic rings. The Morgan fingerprint density at radius 2 is 1.93 bits per heavy atom. The van der Waals surface area contributed by atoms with Gasteiger partial charge in [0.15, 0.2) is 5.82 Å². The molecule has 29 heavy (non-hydrogen) atoms. The fraction of sp³-hybridized carbons (Fsp3) is 0.0500. The highest BCUT2D eigenvalue weighted by molar-refractivity contribution is 6.36. The van der Waals surface area contributed by atoms with Crippen LogP contribution in [-0.2, 0) is 0 Å². The van der Waals surface area contributed by atoms with Crippen molar-refractivity contribution in [2.75, 3.05) is 5.32 Å². The lowest BCUT2D eigenvalue weighted by Gasteiger charge is -2.12. The summed E-state index contributed by atoms with van der Waals surface area (Å²) in [6.45, 7) is 1.91. The Hall–Kier alpha value is -3.47. The van der Waals surface area contributed by atoms with Gasteiger partial charge in [-0.2, -0.15) is 5.26 Å². The molecule has 0 unspecified atom stereocenters. The van der Waals surface area contributed by atoms with Crippen molar-refractivity contribution in [1.29, 1.82) is 5.26 Å². The summed E-state index contributed by atoms with van der Waals surface area (Å²) in [5, 5.41) is 13.2. The summed E-state index contributed by atoms with van der Waals surface area (Å²) in [5.74, 6) is 1.25. The van der Waals surface area contributed by atoms with Crippen LogP contribution in [0, 0.1) is 18.3 Å². The van der Waals surface area contributed by atoms with E-state index in [-0.39, 0.29) is 5.95 Å². The largest absolute Gasteiger partial charge is 0.342 e. The molecule has 0 aliphatic heterocycles. The van der Waals surface area contributed by atoms with Gasteiger partial charge in [0.1, 0.15) is 11.9 Å². The molecule has 0 spiro atoms. The average Bonchev–Trinajstić information content (AvgIpc) is 3.14. The number of hydrogen-bond acceptors (Lipinski definition) is 6. The number of nitrogens with zero attached hydrogens (tertiary/aromatic N) is 5. The Bertz CT molecular complexity index is 1240. The minimum absolute atomic E-state index is 0.272. The number of pyridine rings is 1. The molecule has 3 heterocycles. The summed E-state index contributed by atoms with van der Waals surface area (Å²) in [6, 6.07) is 10.6. The van der Waals surface area contributed by atoms with Crippen LogP contribution in [0.1, 0.15) is 11.3 Å². The summed E-state index contributed by atoms with van der Waals surface area (Å²) in [6.07, 6.45) is 4.95. The Labute approximate surface area is 176 Å². The van der Waals surface area contributed by atoms with Gasteiger partial charge in [-0.05, 0) is 37.3 Å². The number of nitriles is 1. The van der Waals surface area contributed by atoms with E-state index in [4.69, 9.17) is 23.2 Å². The maximum Gasteiger partial charge on any atom is 0.228 e. The van der Waals surface area contributed by atoms with E-state index in [2.05, 4.69) is 36.3 Å². The van der Waals surface area contributed by atoms with E-state index in [9.17, 15) is 5.26 Å². The molecular weight excluding hydrogens is 409 g/mol. The third-order valence-electron chi connectivity index (χ3n) is 4.09. The van der Waals surface area contributed by atoms with Crippen LogP contribution in [0.25, 0.3) is 22.6 Å². The highest BCUT2D eigenvalue weighted by atomic mass is 35.5. The summed E-state index contributed by atoms with van der Waals surface area (Å²) in [5.41, 5.74) is 3.20. The van der Waals surface area contributed by atoms with E-state index in [0.717, 1.165) is 5.69 Å². The zero-order valence-corrected chi connectivity index (χ0v) is 16.6. The molecular formula is C20H13Cl2N7. The van der Waals surface area contributed by atoms with E-state index in [1.807, 2.05) is 6.92 Å². The van der Waals surface area contributed by atoms with E-state index < -0.39 is 0 Å². The number of nitrogens with one attached hydrogen (secondary N) is 2. The predicted molar refractivity (Wildman–Crippen MR) is 112 cm³/mol. The van der Waals surface area contributed by atoms with Crippen LogP contribution >= 0.6 is 23.2 Å². The number of halogens is 2. The van der Waals surface area contributed by atoms with Crippen molar-refractivity contribution in [3.8, 4) is 28.7 Å². The van der Waals surface area contributed by atoms with Crippen LogP contribution in [0.4, 0.5) is 11.8 Å². The topological polar surface area (TPSA) is 103 Å². The van der Waals surface area contributed by atoms with E-state index in [1.54, 1.807) is 48.9 Å². The van der Waals surface area contributed by atoms with Gasteiger partial charge >= 0.3 is 0 Å². The Morgan fingerprint density at radius 1 is 1.07 bits per heavy atom. The van der Waals surface area contributed by atoms with Crippen molar-refractivity contribution >= 4 is 35.0 Å². The van der Waals surface area contributed by atoms with Crippen LogP contribution in [0.3, 0.4) is 0 Å². The molecule has 0 atom stereocenters. The van der Waals surface area contributed by atoms with Crippen LogP contribution in [0.2, 0.25) is 10.0 Å². The van der Waals surface area contributed by atoms with E-state index in [1.165, 1.54) is 0 Å². The van der Waals surface area contributed by atoms with Crippen molar-refractivity contribution in [3.63, 3.8) is 0 Å². The van der Waals surface area contributed by atoms with Crippen LogP contribution in [-0.4, -0.2) is 24.9 Å². The smallest absolute Gasteiger partial charge is 0.228 e. The lowest BCUT2D eigenvalue weighted by Crippen LogP contribution is -2.03. The molecule has 0 saturated carbocycles. The number of hydrogen-bond donors (Lipinski definition) is 2. The lowest BCUT2D eigenvalue weighted by molar-refractivity contribution is 1.14. The molecule has 0 fully saturated rings. The van der Waals surface area contributed by atoms with Crippen molar-refractivity contribution in [3.05, 3.63) is 70.2 Å². The standard InChI is InChI=1S/C20H13Cl2N7/c1-11-9-25-19(27-11)15-10-26-20(29-18-12(8-23)3-2-6-24-18)28-17(15)14-5-4-13(21)7-16(14)22/h2-7,9-10H,1H3,(H,25,27)(H,24,26,28,29). The molecule has 1 aromatic carbocycles. The van der Waals surface area contributed by atoms with Gasteiger partial charge in [0.2, 0.25) is 5.95 Å². The zero-order valence-electron chi connectivity index (χ0n) is 15.1. The molecule has 0 amide bonds. The first-order valence-electron chi connectivity index (χ1n) is 8.51. The molecule has 4 rings (SSSR count). The second kappa shape index (κ2) is 7.87. The van der Waals surface area contributed by atoms with Crippen LogP contribution < -0.4 is 5.32 Å². The predicted octanol–water partition coefficient (Wildman–Crippen LogP) is 5.16. The first-order chi connectivity index (χ1) is 14.0. The van der Waals surface area contributed by atoms with E-state index >= 15 is 0 Å². The van der Waals surface area contributed by atoms with Crippen molar-refractivity contribution < 1.29 is 0 Å². The third kappa shape index (κ3) is 3.90. The molecule has 142 valence electrons. The van der Waals surface area contributed by atoms with Gasteiger partial charge in [-0.1, -0.05) is 23.2 Å². The number of aromatic nitrogens is 5. The van der Waals surface area contributed by atoms with Gasteiger partial charge in [0.05, 0.1) is 21.8 Å². The summed E-state index contributed by atoms with van der Waals surface area (Å²) < 4.78 is 0. The van der Waals surface area contributed by atoms with Gasteiger partial charge in [-0.3, -0.25) is 0 Å². The fourth-order valence-electron chi connectivity index (χ4n) is 2.75. The first kappa shape index (κ1) is 18.9. The number of H-pyrrole nitrogens is 1. The Morgan fingerprint density at radius 3 is 2.66 bits per heavy atom. The number of aromatic amines is 1. The SMILES string of the molecule is Cc1cnc(-c2cnc(Nc3ncccc3C#N)nc2-c2ccc(Cl)cc2Cl)[nH]1. The number of imidazole rings is 1. The highest BCUT2D eigenvalue weighted by Gasteiger charge is 2.17. The van der Waals surface area contributed by atoms with Crippen molar-refractivity contribution in [1.82, 2.24) is 24.9 Å². The zero-order chi connectivity index (χ0) is 20.4. The number of rotatable bonds is 4. The van der Waals surface area contributed by atoms with Crippen LogP contribution in [0.15, 0.2) is 48.9 Å². The monoisotopic (exact) mass is 421 g/mol. The molecule has 3 aromatic heterocycles. The summed E-state index contributed by atoms with van der Waals surface area (Å²) in [7, 11) is 0. The summed E-state index contributed by atoms with van der Waals surface area (Å²) >= 11 is 12.5. The maximum atomic E-state index is 9.27. The minimum Gasteiger partial charge on any atom is -0.342 e. The van der Waals surface area contributed by atoms with Gasteiger partial charge in [-0.15, -0.1) is 0 Å². The maximum absolute atomic E-state index is 9.27. The Kier molecular flexibility index (Phi) is 5.12. The number of anilines is 2. The molecule has 2 N–H and O–H groups in total. The normalized spacial score (nSPS) is 10.6. The molecule has 9 heteroatoms. The van der Waals surface area contributed by atoms with E-state index in [0.29, 0.717) is 44.1 Å². The lowest BCUT2D eigenvalue weighted by atomic mass is 10.1. The average molecular weight is 422 g/mol. The second-order valence-corrected chi connectivity index (χ2v) is 6.97. The quantitative estimate of drug-likeness (QED) is 0.471. The van der Waals surface area contributed by atoms with Crippen molar-refractivity contribution in [2.45, 2.75) is 6.92 Å². The highest BCUT2D eigenvalue weighted by Crippen LogP contribution is 2.35. The van der Waals surface area contributed by atoms with Crippen molar-refractivity contribution in [2.24, 2.45) is 0 Å². The number of aryl methyl sites for hydroxylation is 1. The first-order valence-corrected chi connectivity index (χ1v) is 9.27. The summed E-state index contributed by atoms with van der Waals surface area (Å²) in [4.78, 5) is 20.7. The van der Waals surface area contributed by atoms with Gasteiger partial charge in [0, 0.05) is 34.9 Å². The molecule has 0 aliphatic carbocycles. The molecule has 0 bridgehead atoms. The van der Waals surface area contributed by atoms with Gasteiger partial charge in [0.25, 0.3) is 0 Å². The molecule has 7 nitrogen and oxygen atoms in total. The van der Waals surface area contributed by atoms with Gasteiger partial charge in [-0.25, -0.2) is 19.9 Å².